The van der Waals surface area contributed by atoms with Crippen LogP contribution in [0.5, 0.6) is 11.7 Å². The summed E-state index contributed by atoms with van der Waals surface area (Å²) in [4.78, 5) is 0. The molecule has 0 aliphatic heterocycles. The second-order valence-electron chi connectivity index (χ2n) is 3.07. The van der Waals surface area contributed by atoms with Crippen molar-refractivity contribution in [2.24, 2.45) is 0 Å². The van der Waals surface area contributed by atoms with Gasteiger partial charge in [-0.15, -0.1) is 0 Å². The van der Waals surface area contributed by atoms with Crippen LogP contribution in [0.25, 0.3) is 0 Å². The van der Waals surface area contributed by atoms with Crippen LogP contribution in [0.15, 0.2) is 35.0 Å². The predicted octanol–water partition coefficient (Wildman–Crippen LogP) is 0.0926. The van der Waals surface area contributed by atoms with Crippen LogP contribution in [0, 0.1) is 0 Å². The first-order chi connectivity index (χ1) is 7.28. The average molecular weight is 206 g/mol. The Labute approximate surface area is 86.5 Å². The third-order valence-corrected chi connectivity index (χ3v) is 1.99. The summed E-state index contributed by atoms with van der Waals surface area (Å²) in [5, 5.41) is 14.3. The molecule has 0 spiro atoms. The van der Waals surface area contributed by atoms with Gasteiger partial charge in [0.05, 0.1) is 12.4 Å². The minimum Gasteiger partial charge on any atom is -0.539 e. The second kappa shape index (κ2) is 4.00. The highest BCUT2D eigenvalue weighted by molar-refractivity contribution is 5.26. The highest BCUT2D eigenvalue weighted by Crippen LogP contribution is 2.10. The van der Waals surface area contributed by atoms with E-state index < -0.39 is 5.95 Å². The number of methoxy groups -OCH3 is 1. The Bertz CT molecular complexity index is 436. The van der Waals surface area contributed by atoms with Gasteiger partial charge in [-0.05, 0) is 24.3 Å². The summed E-state index contributed by atoms with van der Waals surface area (Å²) in [5.41, 5.74) is 1.02. The summed E-state index contributed by atoms with van der Waals surface area (Å²) in [6.07, 6.45) is 1.31. The van der Waals surface area contributed by atoms with Crippen LogP contribution in [0.2, 0.25) is 0 Å². The summed E-state index contributed by atoms with van der Waals surface area (Å²) >= 11 is 0. The molecular weight excluding hydrogens is 196 g/mol. The Morgan fingerprint density at radius 1 is 1.40 bits per heavy atom. The van der Waals surface area contributed by atoms with Crippen molar-refractivity contribution in [3.05, 3.63) is 36.0 Å². The van der Waals surface area contributed by atoms with Crippen molar-refractivity contribution in [1.82, 2.24) is 5.27 Å². The van der Waals surface area contributed by atoms with E-state index in [9.17, 15) is 5.11 Å². The van der Waals surface area contributed by atoms with E-state index in [-0.39, 0.29) is 0 Å². The van der Waals surface area contributed by atoms with E-state index in [1.54, 1.807) is 7.11 Å². The van der Waals surface area contributed by atoms with Crippen molar-refractivity contribution in [1.29, 1.82) is 0 Å². The van der Waals surface area contributed by atoms with Gasteiger partial charge in [0.1, 0.15) is 11.7 Å². The molecule has 0 fully saturated rings. The van der Waals surface area contributed by atoms with Crippen molar-refractivity contribution in [2.45, 2.75) is 6.54 Å². The Hall–Kier alpha value is -2.04. The highest BCUT2D eigenvalue weighted by atomic mass is 16.6. The van der Waals surface area contributed by atoms with Gasteiger partial charge in [0.15, 0.2) is 0 Å². The number of nitrogens with zero attached hydrogens (tertiary/aromatic N) is 2. The Kier molecular flexibility index (Phi) is 2.53. The number of rotatable bonds is 3. The first-order valence-corrected chi connectivity index (χ1v) is 4.44. The molecule has 2 aromatic rings. The zero-order valence-corrected chi connectivity index (χ0v) is 8.21. The molecule has 1 aromatic heterocycles. The fraction of sp³-hybridized carbons (Fsp3) is 0.200. The van der Waals surface area contributed by atoms with Crippen LogP contribution in [0.1, 0.15) is 5.56 Å². The minimum absolute atomic E-state index is 0.441. The molecule has 0 N–H and O–H groups in total. The SMILES string of the molecule is COc1ccc(C[n+]2cc([O-])on2)cc1. The Morgan fingerprint density at radius 2 is 2.13 bits per heavy atom. The quantitative estimate of drug-likeness (QED) is 0.668. The summed E-state index contributed by atoms with van der Waals surface area (Å²) in [5.74, 6) is 0.358. The van der Waals surface area contributed by atoms with Gasteiger partial charge in [0.25, 0.3) is 0 Å². The topological polar surface area (TPSA) is 62.2 Å². The van der Waals surface area contributed by atoms with Gasteiger partial charge >= 0.3 is 0 Å². The fourth-order valence-corrected chi connectivity index (χ4v) is 1.25. The summed E-state index contributed by atoms with van der Waals surface area (Å²) in [6, 6.07) is 7.53. The lowest BCUT2D eigenvalue weighted by molar-refractivity contribution is -0.754. The first kappa shape index (κ1) is 9.51. The van der Waals surface area contributed by atoms with Gasteiger partial charge in [-0.25, -0.2) is 0 Å². The molecule has 0 atom stereocenters. The fourth-order valence-electron chi connectivity index (χ4n) is 1.25. The van der Waals surface area contributed by atoms with E-state index in [2.05, 4.69) is 9.79 Å². The van der Waals surface area contributed by atoms with Gasteiger partial charge in [-0.3, -0.25) is 0 Å². The van der Waals surface area contributed by atoms with Crippen LogP contribution >= 0.6 is 0 Å². The van der Waals surface area contributed by atoms with Gasteiger partial charge in [-0.1, -0.05) is 4.68 Å². The lowest BCUT2D eigenvalue weighted by Gasteiger charge is -1.98. The van der Waals surface area contributed by atoms with E-state index >= 15 is 0 Å². The van der Waals surface area contributed by atoms with Crippen molar-refractivity contribution >= 4 is 0 Å². The lowest BCUT2D eigenvalue weighted by Crippen LogP contribution is -2.35. The second-order valence-corrected chi connectivity index (χ2v) is 3.07. The molecule has 2 rings (SSSR count). The predicted molar refractivity (Wildman–Crippen MR) is 48.2 cm³/mol. The summed E-state index contributed by atoms with van der Waals surface area (Å²) < 4.78 is 10.9. The van der Waals surface area contributed by atoms with Crippen molar-refractivity contribution < 1.29 is 19.0 Å². The minimum atomic E-state index is -0.441. The molecule has 0 amide bonds. The molecule has 78 valence electrons. The molecule has 1 aromatic carbocycles. The van der Waals surface area contributed by atoms with Crippen LogP contribution in [-0.2, 0) is 6.54 Å². The van der Waals surface area contributed by atoms with Crippen molar-refractivity contribution in [3.8, 4) is 11.7 Å². The van der Waals surface area contributed by atoms with Crippen LogP contribution in [0.3, 0.4) is 0 Å². The smallest absolute Gasteiger partial charge is 0.221 e. The van der Waals surface area contributed by atoms with Gasteiger partial charge < -0.3 is 14.4 Å². The lowest BCUT2D eigenvalue weighted by atomic mass is 10.2. The maximum atomic E-state index is 10.7. The molecule has 15 heavy (non-hydrogen) atoms. The highest BCUT2D eigenvalue weighted by Gasteiger charge is 2.05. The standard InChI is InChI=1S/C10H10N2O3/c1-14-9-4-2-8(3-5-9)6-12-7-10(13)15-11-12/h2-5,7H,6H2,1H3. The number of aromatic nitrogens is 2. The largest absolute Gasteiger partial charge is 0.539 e. The number of hydrogen-bond donors (Lipinski definition) is 0. The molecule has 0 bridgehead atoms. The Balaban J connectivity index is 2.11. The average Bonchev–Trinajstić information content (AvgIpc) is 2.65. The molecule has 5 heteroatoms. The molecule has 5 nitrogen and oxygen atoms in total. The number of benzene rings is 1. The molecule has 0 unspecified atom stereocenters. The van der Waals surface area contributed by atoms with Crippen molar-refractivity contribution in [3.63, 3.8) is 0 Å². The molecule has 0 saturated heterocycles. The molecule has 0 saturated carbocycles. The van der Waals surface area contributed by atoms with E-state index in [1.165, 1.54) is 10.9 Å². The van der Waals surface area contributed by atoms with Crippen LogP contribution in [0.4, 0.5) is 0 Å². The van der Waals surface area contributed by atoms with Gasteiger partial charge in [-0.2, -0.15) is 0 Å². The summed E-state index contributed by atoms with van der Waals surface area (Å²) in [7, 11) is 1.62. The Morgan fingerprint density at radius 3 is 2.67 bits per heavy atom. The molecule has 0 aliphatic carbocycles. The van der Waals surface area contributed by atoms with Crippen molar-refractivity contribution in [2.75, 3.05) is 7.11 Å². The van der Waals surface area contributed by atoms with Crippen LogP contribution in [-0.4, -0.2) is 12.4 Å². The zero-order chi connectivity index (χ0) is 10.7. The van der Waals surface area contributed by atoms with E-state index in [0.717, 1.165) is 11.3 Å². The molecule has 1 heterocycles. The van der Waals surface area contributed by atoms with Gasteiger partial charge in [0.2, 0.25) is 12.7 Å². The van der Waals surface area contributed by atoms with E-state index in [1.807, 2.05) is 24.3 Å². The molecule has 0 radical (unpaired) electrons. The zero-order valence-electron chi connectivity index (χ0n) is 8.21. The first-order valence-electron chi connectivity index (χ1n) is 4.44. The molecular formula is C10H10N2O3. The summed E-state index contributed by atoms with van der Waals surface area (Å²) in [6.45, 7) is 0.510. The normalized spacial score (nSPS) is 10.2. The maximum absolute atomic E-state index is 10.7. The molecule has 0 aliphatic rings. The van der Waals surface area contributed by atoms with E-state index in [0.29, 0.717) is 6.54 Å². The third kappa shape index (κ3) is 2.25. The van der Waals surface area contributed by atoms with Gasteiger partial charge in [0, 0.05) is 5.56 Å². The van der Waals surface area contributed by atoms with E-state index in [4.69, 9.17) is 4.74 Å². The number of ether oxygens (including phenoxy) is 1. The third-order valence-electron chi connectivity index (χ3n) is 1.99. The maximum Gasteiger partial charge on any atom is 0.221 e. The van der Waals surface area contributed by atoms with Crippen LogP contribution < -0.4 is 14.5 Å². The number of hydrogen-bond acceptors (Lipinski definition) is 4. The monoisotopic (exact) mass is 206 g/mol.